The lowest BCUT2D eigenvalue weighted by Gasteiger charge is -2.43. The van der Waals surface area contributed by atoms with Crippen LogP contribution in [0.2, 0.25) is 0 Å². The Bertz CT molecular complexity index is 324. The van der Waals surface area contributed by atoms with Gasteiger partial charge in [-0.05, 0) is 46.7 Å². The van der Waals surface area contributed by atoms with Crippen molar-refractivity contribution in [1.82, 2.24) is 15.1 Å². The first-order chi connectivity index (χ1) is 8.58. The first-order valence-corrected chi connectivity index (χ1v) is 7.16. The zero-order valence-corrected chi connectivity index (χ0v) is 11.9. The third-order valence-electron chi connectivity index (χ3n) is 4.76. The summed E-state index contributed by atoms with van der Waals surface area (Å²) in [7, 11) is 1.88. The van der Waals surface area contributed by atoms with E-state index in [9.17, 15) is 5.26 Å². The van der Waals surface area contributed by atoms with Gasteiger partial charge < -0.3 is 5.32 Å². The van der Waals surface area contributed by atoms with Gasteiger partial charge in [-0.25, -0.2) is 0 Å². The molecule has 102 valence electrons. The molecule has 0 aromatic rings. The standard InChI is InChI=1S/C14H26N4/c1-12-9-18-7-4-5-13(18)10-17(12)8-6-14(2,11-15)16-3/h12-13,16H,4-10H2,1-3H3. The molecule has 2 aliphatic heterocycles. The largest absolute Gasteiger partial charge is 0.303 e. The van der Waals surface area contributed by atoms with Crippen molar-refractivity contribution in [1.29, 1.82) is 5.26 Å². The Hall–Kier alpha value is -0.630. The minimum absolute atomic E-state index is 0.382. The fourth-order valence-electron chi connectivity index (χ4n) is 3.16. The summed E-state index contributed by atoms with van der Waals surface area (Å²) in [6, 6.07) is 3.77. The summed E-state index contributed by atoms with van der Waals surface area (Å²) in [5.74, 6) is 0. The van der Waals surface area contributed by atoms with Gasteiger partial charge in [-0.15, -0.1) is 0 Å². The Balaban J connectivity index is 1.88. The normalized spacial score (nSPS) is 32.8. The van der Waals surface area contributed by atoms with Crippen LogP contribution in [-0.2, 0) is 0 Å². The summed E-state index contributed by atoms with van der Waals surface area (Å²) in [6.45, 7) is 9.01. The topological polar surface area (TPSA) is 42.3 Å². The average Bonchev–Trinajstić information content (AvgIpc) is 2.82. The summed E-state index contributed by atoms with van der Waals surface area (Å²) in [6.07, 6.45) is 3.61. The molecule has 2 rings (SSSR count). The second kappa shape index (κ2) is 5.56. The molecule has 0 bridgehead atoms. The van der Waals surface area contributed by atoms with Crippen LogP contribution in [-0.4, -0.2) is 60.6 Å². The maximum absolute atomic E-state index is 9.19. The van der Waals surface area contributed by atoms with Gasteiger partial charge in [0, 0.05) is 31.7 Å². The number of nitriles is 1. The van der Waals surface area contributed by atoms with Crippen LogP contribution in [0, 0.1) is 11.3 Å². The van der Waals surface area contributed by atoms with E-state index in [1.807, 2.05) is 14.0 Å². The maximum atomic E-state index is 9.19. The third kappa shape index (κ3) is 2.85. The van der Waals surface area contributed by atoms with E-state index < -0.39 is 0 Å². The summed E-state index contributed by atoms with van der Waals surface area (Å²) in [5, 5.41) is 12.3. The highest BCUT2D eigenvalue weighted by atomic mass is 15.3. The predicted octanol–water partition coefficient (Wildman–Crippen LogP) is 1.05. The molecule has 0 aliphatic carbocycles. The Morgan fingerprint density at radius 2 is 2.22 bits per heavy atom. The molecule has 0 aromatic carbocycles. The monoisotopic (exact) mass is 250 g/mol. The zero-order chi connectivity index (χ0) is 13.2. The van der Waals surface area contributed by atoms with Crippen LogP contribution in [0.3, 0.4) is 0 Å². The van der Waals surface area contributed by atoms with Crippen molar-refractivity contribution in [3.63, 3.8) is 0 Å². The minimum Gasteiger partial charge on any atom is -0.303 e. The average molecular weight is 250 g/mol. The second-order valence-electron chi connectivity index (χ2n) is 6.08. The summed E-state index contributed by atoms with van der Waals surface area (Å²) < 4.78 is 0. The molecule has 3 unspecified atom stereocenters. The van der Waals surface area contributed by atoms with Gasteiger partial charge in [0.05, 0.1) is 6.07 Å². The van der Waals surface area contributed by atoms with E-state index in [1.54, 1.807) is 0 Å². The quantitative estimate of drug-likeness (QED) is 0.810. The molecule has 0 radical (unpaired) electrons. The molecule has 18 heavy (non-hydrogen) atoms. The minimum atomic E-state index is -0.382. The number of nitrogens with zero attached hydrogens (tertiary/aromatic N) is 3. The van der Waals surface area contributed by atoms with Gasteiger partial charge in [0.25, 0.3) is 0 Å². The summed E-state index contributed by atoms with van der Waals surface area (Å²) in [4.78, 5) is 5.21. The highest BCUT2D eigenvalue weighted by Crippen LogP contribution is 2.25. The van der Waals surface area contributed by atoms with Crippen molar-refractivity contribution in [3.05, 3.63) is 0 Å². The van der Waals surface area contributed by atoms with Gasteiger partial charge in [-0.2, -0.15) is 5.26 Å². The number of nitrogens with one attached hydrogen (secondary N) is 1. The molecule has 0 spiro atoms. The van der Waals surface area contributed by atoms with Crippen LogP contribution in [0.15, 0.2) is 0 Å². The van der Waals surface area contributed by atoms with Gasteiger partial charge in [-0.3, -0.25) is 9.80 Å². The van der Waals surface area contributed by atoms with E-state index in [0.29, 0.717) is 6.04 Å². The SMILES string of the molecule is CNC(C)(C#N)CCN1CC2CCCN2CC1C. The van der Waals surface area contributed by atoms with E-state index in [0.717, 1.165) is 19.0 Å². The number of fused-ring (bicyclic) bond motifs is 1. The summed E-state index contributed by atoms with van der Waals surface area (Å²) in [5.41, 5.74) is -0.382. The molecule has 3 atom stereocenters. The third-order valence-corrected chi connectivity index (χ3v) is 4.76. The number of rotatable bonds is 4. The second-order valence-corrected chi connectivity index (χ2v) is 6.08. The van der Waals surface area contributed by atoms with E-state index in [4.69, 9.17) is 0 Å². The molecule has 2 fully saturated rings. The highest BCUT2D eigenvalue weighted by molar-refractivity contribution is 5.03. The lowest BCUT2D eigenvalue weighted by Crippen LogP contribution is -2.56. The lowest BCUT2D eigenvalue weighted by atomic mass is 9.98. The molecular weight excluding hydrogens is 224 g/mol. The van der Waals surface area contributed by atoms with Gasteiger partial charge in [0.2, 0.25) is 0 Å². The van der Waals surface area contributed by atoms with Crippen LogP contribution < -0.4 is 5.32 Å². The van der Waals surface area contributed by atoms with Crippen LogP contribution in [0.5, 0.6) is 0 Å². The van der Waals surface area contributed by atoms with E-state index >= 15 is 0 Å². The van der Waals surface area contributed by atoms with Crippen LogP contribution in [0.1, 0.15) is 33.1 Å². The van der Waals surface area contributed by atoms with E-state index in [1.165, 1.54) is 32.5 Å². The van der Waals surface area contributed by atoms with Crippen LogP contribution >= 0.6 is 0 Å². The molecule has 4 nitrogen and oxygen atoms in total. The fraction of sp³-hybridized carbons (Fsp3) is 0.929. The Morgan fingerprint density at radius 3 is 2.89 bits per heavy atom. The smallest absolute Gasteiger partial charge is 0.104 e. The number of piperazine rings is 1. The van der Waals surface area contributed by atoms with Crippen molar-refractivity contribution in [2.75, 3.05) is 33.2 Å². The molecule has 2 heterocycles. The molecular formula is C14H26N4. The Kier molecular flexibility index (Phi) is 4.26. The van der Waals surface area contributed by atoms with Gasteiger partial charge in [0.15, 0.2) is 0 Å². The Labute approximate surface area is 111 Å². The van der Waals surface area contributed by atoms with E-state index in [-0.39, 0.29) is 5.54 Å². The molecule has 1 N–H and O–H groups in total. The van der Waals surface area contributed by atoms with Crippen molar-refractivity contribution in [2.24, 2.45) is 0 Å². The number of hydrogen-bond donors (Lipinski definition) is 1. The molecule has 2 aliphatic rings. The first kappa shape index (κ1) is 13.8. The fourth-order valence-corrected chi connectivity index (χ4v) is 3.16. The van der Waals surface area contributed by atoms with Gasteiger partial charge in [0.1, 0.15) is 5.54 Å². The van der Waals surface area contributed by atoms with Crippen molar-refractivity contribution < 1.29 is 0 Å². The lowest BCUT2D eigenvalue weighted by molar-refractivity contribution is 0.0554. The summed E-state index contributed by atoms with van der Waals surface area (Å²) >= 11 is 0. The zero-order valence-electron chi connectivity index (χ0n) is 11.9. The first-order valence-electron chi connectivity index (χ1n) is 7.16. The van der Waals surface area contributed by atoms with Crippen LogP contribution in [0.4, 0.5) is 0 Å². The van der Waals surface area contributed by atoms with E-state index in [2.05, 4.69) is 28.1 Å². The molecule has 0 aromatic heterocycles. The molecule has 4 heteroatoms. The predicted molar refractivity (Wildman–Crippen MR) is 73.3 cm³/mol. The molecule has 0 amide bonds. The number of hydrogen-bond acceptors (Lipinski definition) is 4. The van der Waals surface area contributed by atoms with Crippen LogP contribution in [0.25, 0.3) is 0 Å². The molecule has 0 saturated carbocycles. The van der Waals surface area contributed by atoms with Crippen molar-refractivity contribution in [3.8, 4) is 6.07 Å². The maximum Gasteiger partial charge on any atom is 0.104 e. The molecule has 2 saturated heterocycles. The highest BCUT2D eigenvalue weighted by Gasteiger charge is 2.35. The van der Waals surface area contributed by atoms with Gasteiger partial charge >= 0.3 is 0 Å². The Morgan fingerprint density at radius 1 is 1.44 bits per heavy atom. The van der Waals surface area contributed by atoms with Gasteiger partial charge in [-0.1, -0.05) is 0 Å². The van der Waals surface area contributed by atoms with Crippen molar-refractivity contribution >= 4 is 0 Å². The van der Waals surface area contributed by atoms with Crippen molar-refractivity contribution in [2.45, 2.75) is 50.7 Å².